The minimum atomic E-state index is -4.93. The number of nitrogens with zero attached hydrogens (tertiary/aromatic N) is 1. The van der Waals surface area contributed by atoms with Crippen LogP contribution >= 0.6 is 0 Å². The highest BCUT2D eigenvalue weighted by molar-refractivity contribution is 5.75. The molecule has 1 unspecified atom stereocenters. The summed E-state index contributed by atoms with van der Waals surface area (Å²) in [6.07, 6.45) is -3.78. The zero-order chi connectivity index (χ0) is 12.2. The number of nitrogens with one attached hydrogen (secondary N) is 1. The molecule has 0 amide bonds. The van der Waals surface area contributed by atoms with E-state index in [1.165, 1.54) is 7.05 Å². The molecule has 0 radical (unpaired) electrons. The summed E-state index contributed by atoms with van der Waals surface area (Å²) in [7, 11) is 1.46. The molecule has 0 aliphatic carbocycles. The fourth-order valence-electron chi connectivity index (χ4n) is 1.58. The number of hydrogen-bond donors (Lipinski definition) is 1. The van der Waals surface area contributed by atoms with Crippen LogP contribution in [-0.2, 0) is 9.53 Å². The predicted octanol–water partition coefficient (Wildman–Crippen LogP) is 0.733. The molecule has 1 rings (SSSR count). The summed E-state index contributed by atoms with van der Waals surface area (Å²) in [5.41, 5.74) is 0. The topological polar surface area (TPSA) is 41.6 Å². The Bertz CT molecular complexity index is 239. The molecule has 1 heterocycles. The molecule has 1 saturated heterocycles. The quantitative estimate of drug-likeness (QED) is 0.581. The largest absolute Gasteiger partial charge is 0.490 e. The van der Waals surface area contributed by atoms with E-state index in [1.54, 1.807) is 0 Å². The van der Waals surface area contributed by atoms with E-state index in [-0.39, 0.29) is 0 Å². The molecule has 4 nitrogen and oxygen atoms in total. The number of ether oxygens (including phenoxy) is 1. The lowest BCUT2D eigenvalue weighted by molar-refractivity contribution is -0.206. The first-order chi connectivity index (χ1) is 7.43. The van der Waals surface area contributed by atoms with Crippen LogP contribution < -0.4 is 5.32 Å². The van der Waals surface area contributed by atoms with E-state index in [0.717, 1.165) is 25.9 Å². The Labute approximate surface area is 91.7 Å². The maximum Gasteiger partial charge on any atom is 0.490 e. The van der Waals surface area contributed by atoms with Crippen molar-refractivity contribution in [3.05, 3.63) is 0 Å². The second-order valence-corrected chi connectivity index (χ2v) is 3.69. The SMILES string of the molecule is CNC(CN1CCCC1)OC(=O)C(F)(F)F. The molecule has 1 aliphatic rings. The van der Waals surface area contributed by atoms with Crippen LogP contribution in [-0.4, -0.2) is 50.0 Å². The first-order valence-corrected chi connectivity index (χ1v) is 5.11. The summed E-state index contributed by atoms with van der Waals surface area (Å²) < 4.78 is 40.1. The Hall–Kier alpha value is -0.820. The van der Waals surface area contributed by atoms with Crippen molar-refractivity contribution in [3.8, 4) is 0 Å². The molecule has 1 aliphatic heterocycles. The molecule has 1 N–H and O–H groups in total. The lowest BCUT2D eigenvalue weighted by Gasteiger charge is -2.23. The van der Waals surface area contributed by atoms with Crippen molar-refractivity contribution in [1.29, 1.82) is 0 Å². The number of likely N-dealkylation sites (tertiary alicyclic amines) is 1. The van der Waals surface area contributed by atoms with Crippen LogP contribution in [0.3, 0.4) is 0 Å². The molecule has 0 spiro atoms. The van der Waals surface area contributed by atoms with Crippen LogP contribution in [0.15, 0.2) is 0 Å². The van der Waals surface area contributed by atoms with E-state index in [0.29, 0.717) is 6.54 Å². The van der Waals surface area contributed by atoms with Gasteiger partial charge in [0.05, 0.1) is 0 Å². The van der Waals surface area contributed by atoms with Gasteiger partial charge in [-0.2, -0.15) is 13.2 Å². The molecule has 1 fully saturated rings. The smallest absolute Gasteiger partial charge is 0.439 e. The van der Waals surface area contributed by atoms with E-state index in [2.05, 4.69) is 10.1 Å². The summed E-state index contributed by atoms with van der Waals surface area (Å²) in [4.78, 5) is 12.6. The van der Waals surface area contributed by atoms with Crippen molar-refractivity contribution in [2.24, 2.45) is 0 Å². The van der Waals surface area contributed by atoms with Crippen LogP contribution in [0.4, 0.5) is 13.2 Å². The van der Waals surface area contributed by atoms with Gasteiger partial charge in [-0.1, -0.05) is 0 Å². The van der Waals surface area contributed by atoms with Crippen molar-refractivity contribution in [2.45, 2.75) is 25.2 Å². The van der Waals surface area contributed by atoms with E-state index in [4.69, 9.17) is 0 Å². The molecule has 16 heavy (non-hydrogen) atoms. The molecule has 0 saturated carbocycles. The highest BCUT2D eigenvalue weighted by Crippen LogP contribution is 2.17. The summed E-state index contributed by atoms with van der Waals surface area (Å²) in [6, 6.07) is 0. The molecular formula is C9H15F3N2O2. The summed E-state index contributed by atoms with van der Waals surface area (Å²) in [6.45, 7) is 1.96. The third-order valence-corrected chi connectivity index (χ3v) is 2.43. The third-order valence-electron chi connectivity index (χ3n) is 2.43. The lowest BCUT2D eigenvalue weighted by atomic mass is 10.4. The highest BCUT2D eigenvalue weighted by atomic mass is 19.4. The number of esters is 1. The standard InChI is InChI=1S/C9H15F3N2O2/c1-13-7(6-14-4-2-3-5-14)16-8(15)9(10,11)12/h7,13H,2-6H2,1H3. The first kappa shape index (κ1) is 13.2. The van der Waals surface area contributed by atoms with Gasteiger partial charge < -0.3 is 4.74 Å². The molecule has 0 bridgehead atoms. The fraction of sp³-hybridized carbons (Fsp3) is 0.889. The van der Waals surface area contributed by atoms with E-state index >= 15 is 0 Å². The Morgan fingerprint density at radius 1 is 1.44 bits per heavy atom. The van der Waals surface area contributed by atoms with Crippen LogP contribution in [0, 0.1) is 0 Å². The molecule has 0 aromatic carbocycles. The Kier molecular flexibility index (Phi) is 4.55. The average molecular weight is 240 g/mol. The molecule has 0 aromatic rings. The van der Waals surface area contributed by atoms with Crippen molar-refractivity contribution in [1.82, 2.24) is 10.2 Å². The number of halogens is 3. The van der Waals surface area contributed by atoms with Crippen LogP contribution in [0.2, 0.25) is 0 Å². The maximum atomic E-state index is 11.9. The molecule has 0 aromatic heterocycles. The van der Waals surface area contributed by atoms with Gasteiger partial charge in [-0.25, -0.2) is 4.79 Å². The maximum absolute atomic E-state index is 11.9. The number of carbonyl (C=O) groups is 1. The molecule has 7 heteroatoms. The van der Waals surface area contributed by atoms with E-state index in [9.17, 15) is 18.0 Å². The van der Waals surface area contributed by atoms with Gasteiger partial charge >= 0.3 is 12.1 Å². The fourth-order valence-corrected chi connectivity index (χ4v) is 1.58. The van der Waals surface area contributed by atoms with Crippen molar-refractivity contribution < 1.29 is 22.7 Å². The highest BCUT2D eigenvalue weighted by Gasteiger charge is 2.42. The Balaban J connectivity index is 2.39. The Morgan fingerprint density at radius 3 is 2.44 bits per heavy atom. The van der Waals surface area contributed by atoms with Gasteiger partial charge in [0.15, 0.2) is 6.23 Å². The van der Waals surface area contributed by atoms with Gasteiger partial charge in [0.25, 0.3) is 0 Å². The Morgan fingerprint density at radius 2 is 2.00 bits per heavy atom. The second-order valence-electron chi connectivity index (χ2n) is 3.69. The number of likely N-dealkylation sites (N-methyl/N-ethyl adjacent to an activating group) is 1. The van der Waals surface area contributed by atoms with Gasteiger partial charge in [-0.15, -0.1) is 0 Å². The molecule has 94 valence electrons. The first-order valence-electron chi connectivity index (χ1n) is 5.11. The average Bonchev–Trinajstić information content (AvgIpc) is 2.67. The number of alkyl halides is 3. The lowest BCUT2D eigenvalue weighted by Crippen LogP contribution is -2.43. The third kappa shape index (κ3) is 3.97. The second kappa shape index (κ2) is 5.49. The summed E-state index contributed by atoms with van der Waals surface area (Å²) in [5, 5.41) is 2.55. The monoisotopic (exact) mass is 240 g/mol. The van der Waals surface area contributed by atoms with Gasteiger partial charge in [-0.05, 0) is 33.0 Å². The van der Waals surface area contributed by atoms with Crippen molar-refractivity contribution in [3.63, 3.8) is 0 Å². The molecular weight excluding hydrogens is 225 g/mol. The summed E-state index contributed by atoms with van der Waals surface area (Å²) >= 11 is 0. The van der Waals surface area contributed by atoms with Gasteiger partial charge in [0.1, 0.15) is 0 Å². The number of hydrogen-bond acceptors (Lipinski definition) is 4. The van der Waals surface area contributed by atoms with Crippen LogP contribution in [0.5, 0.6) is 0 Å². The zero-order valence-corrected chi connectivity index (χ0v) is 9.01. The van der Waals surface area contributed by atoms with E-state index < -0.39 is 18.4 Å². The van der Waals surface area contributed by atoms with Gasteiger partial charge in [0, 0.05) is 6.54 Å². The summed E-state index contributed by atoms with van der Waals surface area (Å²) in [5.74, 6) is -2.15. The van der Waals surface area contributed by atoms with Crippen molar-refractivity contribution >= 4 is 5.97 Å². The predicted molar refractivity (Wildman–Crippen MR) is 50.7 cm³/mol. The minimum absolute atomic E-state index is 0.290. The number of carbonyl (C=O) groups excluding carboxylic acids is 1. The minimum Gasteiger partial charge on any atom is -0.439 e. The normalized spacial score (nSPS) is 19.8. The van der Waals surface area contributed by atoms with E-state index in [1.807, 2.05) is 4.90 Å². The zero-order valence-electron chi connectivity index (χ0n) is 9.01. The number of rotatable bonds is 4. The van der Waals surface area contributed by atoms with Crippen LogP contribution in [0.25, 0.3) is 0 Å². The van der Waals surface area contributed by atoms with Crippen LogP contribution in [0.1, 0.15) is 12.8 Å². The molecule has 1 atom stereocenters. The van der Waals surface area contributed by atoms with Gasteiger partial charge in [0.2, 0.25) is 0 Å². The van der Waals surface area contributed by atoms with Crippen molar-refractivity contribution in [2.75, 3.05) is 26.7 Å². The van der Waals surface area contributed by atoms with Gasteiger partial charge in [-0.3, -0.25) is 10.2 Å².